The molecule has 0 bridgehead atoms. The minimum Gasteiger partial charge on any atom is -0.314 e. The molecule has 2 rings (SSSR count). The van der Waals surface area contributed by atoms with Crippen LogP contribution in [-0.2, 0) is 0 Å². The lowest BCUT2D eigenvalue weighted by Crippen LogP contribution is -2.48. The summed E-state index contributed by atoms with van der Waals surface area (Å²) in [6.45, 7) is 10.7. The maximum Gasteiger partial charge on any atom is 0.124 e. The van der Waals surface area contributed by atoms with E-state index in [1.807, 2.05) is 6.07 Å². The molecule has 1 atom stereocenters. The summed E-state index contributed by atoms with van der Waals surface area (Å²) >= 11 is 3.40. The van der Waals surface area contributed by atoms with Gasteiger partial charge in [0.2, 0.25) is 0 Å². The summed E-state index contributed by atoms with van der Waals surface area (Å²) in [5.41, 5.74) is 1.13. The van der Waals surface area contributed by atoms with Gasteiger partial charge in [-0.2, -0.15) is 0 Å². The van der Waals surface area contributed by atoms with Gasteiger partial charge in [-0.25, -0.2) is 4.39 Å². The van der Waals surface area contributed by atoms with Gasteiger partial charge in [0, 0.05) is 36.7 Å². The maximum atomic E-state index is 13.7. The van der Waals surface area contributed by atoms with Crippen molar-refractivity contribution in [2.45, 2.75) is 26.8 Å². The molecule has 0 aliphatic carbocycles. The Bertz CT molecular complexity index is 422. The Morgan fingerprint density at radius 2 is 1.80 bits per heavy atom. The molecule has 2 nitrogen and oxygen atoms in total. The molecular formula is C15H23BrClFN2. The first-order valence-electron chi connectivity index (χ1n) is 6.79. The van der Waals surface area contributed by atoms with Crippen LogP contribution in [0.5, 0.6) is 0 Å². The van der Waals surface area contributed by atoms with Crippen LogP contribution in [0.4, 0.5) is 4.39 Å². The largest absolute Gasteiger partial charge is 0.314 e. The number of nitrogens with zero attached hydrogens (tertiary/aromatic N) is 1. The first-order valence-corrected chi connectivity index (χ1v) is 7.58. The van der Waals surface area contributed by atoms with Crippen LogP contribution in [0.3, 0.4) is 0 Å². The Morgan fingerprint density at radius 1 is 1.20 bits per heavy atom. The Balaban J connectivity index is 0.00000200. The molecule has 20 heavy (non-hydrogen) atoms. The third kappa shape index (κ3) is 4.42. The predicted molar refractivity (Wildman–Crippen MR) is 88.0 cm³/mol. The molecule has 0 saturated carbocycles. The number of halogens is 3. The third-order valence-corrected chi connectivity index (χ3v) is 4.00. The van der Waals surface area contributed by atoms with Crippen LogP contribution in [0, 0.1) is 11.2 Å². The van der Waals surface area contributed by atoms with Crippen molar-refractivity contribution in [2.24, 2.45) is 5.41 Å². The number of piperazine rings is 1. The van der Waals surface area contributed by atoms with E-state index in [2.05, 4.69) is 46.9 Å². The zero-order chi connectivity index (χ0) is 14.0. The number of nitrogens with one attached hydrogen (secondary N) is 1. The zero-order valence-corrected chi connectivity index (χ0v) is 14.7. The molecule has 1 heterocycles. The van der Waals surface area contributed by atoms with E-state index in [4.69, 9.17) is 0 Å². The van der Waals surface area contributed by atoms with Crippen LogP contribution in [0.15, 0.2) is 22.7 Å². The van der Waals surface area contributed by atoms with Crippen molar-refractivity contribution in [3.05, 3.63) is 34.1 Å². The lowest BCUT2D eigenvalue weighted by atomic mass is 9.81. The Labute approximate surface area is 135 Å². The number of hydrogen-bond donors (Lipinski definition) is 1. The molecule has 1 aromatic carbocycles. The molecule has 0 aromatic heterocycles. The van der Waals surface area contributed by atoms with E-state index in [1.165, 1.54) is 6.07 Å². The fourth-order valence-electron chi connectivity index (χ4n) is 2.93. The normalized spacial score (nSPS) is 18.4. The van der Waals surface area contributed by atoms with Crippen LogP contribution < -0.4 is 5.32 Å². The van der Waals surface area contributed by atoms with Gasteiger partial charge in [-0.05, 0) is 29.2 Å². The van der Waals surface area contributed by atoms with Crippen LogP contribution in [-0.4, -0.2) is 31.1 Å². The Hall–Kier alpha value is -0.160. The second-order valence-corrected chi connectivity index (χ2v) is 7.17. The van der Waals surface area contributed by atoms with Crippen molar-refractivity contribution in [3.63, 3.8) is 0 Å². The van der Waals surface area contributed by atoms with Crippen molar-refractivity contribution in [1.82, 2.24) is 10.2 Å². The molecule has 0 radical (unpaired) electrons. The molecule has 1 aliphatic heterocycles. The summed E-state index contributed by atoms with van der Waals surface area (Å²) in [5.74, 6) is -0.172. The highest BCUT2D eigenvalue weighted by atomic mass is 79.9. The summed E-state index contributed by atoms with van der Waals surface area (Å²) in [6.07, 6.45) is 0. The van der Waals surface area contributed by atoms with E-state index in [0.717, 1.165) is 36.2 Å². The summed E-state index contributed by atoms with van der Waals surface area (Å²) in [5, 5.41) is 3.37. The van der Waals surface area contributed by atoms with Gasteiger partial charge in [0.25, 0.3) is 0 Å². The van der Waals surface area contributed by atoms with Crippen molar-refractivity contribution >= 4 is 28.3 Å². The Kier molecular flexibility index (Phi) is 6.45. The monoisotopic (exact) mass is 364 g/mol. The lowest BCUT2D eigenvalue weighted by molar-refractivity contribution is 0.0860. The van der Waals surface area contributed by atoms with Gasteiger partial charge in [-0.3, -0.25) is 4.90 Å². The standard InChI is InChI=1S/C15H22BrFN2.ClH/c1-15(2,3)14(19-6-4-18-5-7-19)11-8-12(16)10-13(17)9-11;/h8-10,14,18H,4-7H2,1-3H3;1H/t14-;/m1./s1. The summed E-state index contributed by atoms with van der Waals surface area (Å²) in [6, 6.07) is 5.46. The maximum absolute atomic E-state index is 13.7. The van der Waals surface area contributed by atoms with Crippen LogP contribution in [0.2, 0.25) is 0 Å². The SMILES string of the molecule is CC(C)(C)[C@@H](c1cc(F)cc(Br)c1)N1CCNCC1.Cl. The summed E-state index contributed by atoms with van der Waals surface area (Å²) < 4.78 is 14.5. The van der Waals surface area contributed by atoms with Crippen molar-refractivity contribution < 1.29 is 4.39 Å². The number of hydrogen-bond acceptors (Lipinski definition) is 2. The molecule has 1 fully saturated rings. The highest BCUT2D eigenvalue weighted by Gasteiger charge is 2.32. The first kappa shape index (κ1) is 17.9. The minimum atomic E-state index is -0.172. The van der Waals surface area contributed by atoms with Crippen molar-refractivity contribution in [3.8, 4) is 0 Å². The van der Waals surface area contributed by atoms with Gasteiger partial charge in [-0.1, -0.05) is 36.7 Å². The average molecular weight is 366 g/mol. The molecule has 0 spiro atoms. The van der Waals surface area contributed by atoms with E-state index < -0.39 is 0 Å². The second kappa shape index (κ2) is 7.21. The van der Waals surface area contributed by atoms with Gasteiger partial charge >= 0.3 is 0 Å². The van der Waals surface area contributed by atoms with Crippen molar-refractivity contribution in [1.29, 1.82) is 0 Å². The highest BCUT2D eigenvalue weighted by Crippen LogP contribution is 2.39. The molecule has 5 heteroatoms. The topological polar surface area (TPSA) is 15.3 Å². The Morgan fingerprint density at radius 3 is 2.30 bits per heavy atom. The molecule has 1 N–H and O–H groups in total. The fraction of sp³-hybridized carbons (Fsp3) is 0.600. The molecule has 1 aromatic rings. The number of rotatable bonds is 2. The molecule has 0 unspecified atom stereocenters. The molecule has 0 amide bonds. The predicted octanol–water partition coefficient (Wildman–Crippen LogP) is 4.00. The van der Waals surface area contributed by atoms with E-state index >= 15 is 0 Å². The molecule has 114 valence electrons. The molecule has 1 aliphatic rings. The summed E-state index contributed by atoms with van der Waals surface area (Å²) in [4.78, 5) is 2.46. The zero-order valence-electron chi connectivity index (χ0n) is 12.2. The molecule has 1 saturated heterocycles. The van der Waals surface area contributed by atoms with Crippen LogP contribution >= 0.6 is 28.3 Å². The van der Waals surface area contributed by atoms with Gasteiger partial charge in [0.05, 0.1) is 0 Å². The van der Waals surface area contributed by atoms with E-state index in [-0.39, 0.29) is 29.7 Å². The summed E-state index contributed by atoms with van der Waals surface area (Å²) in [7, 11) is 0. The van der Waals surface area contributed by atoms with E-state index in [9.17, 15) is 4.39 Å². The lowest BCUT2D eigenvalue weighted by Gasteiger charge is -2.42. The third-order valence-electron chi connectivity index (χ3n) is 3.54. The smallest absolute Gasteiger partial charge is 0.124 e. The second-order valence-electron chi connectivity index (χ2n) is 6.26. The minimum absolute atomic E-state index is 0. The van der Waals surface area contributed by atoms with Gasteiger partial charge in [-0.15, -0.1) is 12.4 Å². The first-order chi connectivity index (χ1) is 8.88. The van der Waals surface area contributed by atoms with Gasteiger partial charge < -0.3 is 5.32 Å². The van der Waals surface area contributed by atoms with E-state index in [1.54, 1.807) is 6.07 Å². The van der Waals surface area contributed by atoms with Gasteiger partial charge in [0.1, 0.15) is 5.82 Å². The average Bonchev–Trinajstić information content (AvgIpc) is 2.27. The van der Waals surface area contributed by atoms with E-state index in [0.29, 0.717) is 0 Å². The fourth-order valence-corrected chi connectivity index (χ4v) is 3.41. The number of benzene rings is 1. The highest BCUT2D eigenvalue weighted by molar-refractivity contribution is 9.10. The van der Waals surface area contributed by atoms with Crippen molar-refractivity contribution in [2.75, 3.05) is 26.2 Å². The van der Waals surface area contributed by atoms with Crippen LogP contribution in [0.1, 0.15) is 32.4 Å². The van der Waals surface area contributed by atoms with Crippen LogP contribution in [0.25, 0.3) is 0 Å². The quantitative estimate of drug-likeness (QED) is 0.852. The van der Waals surface area contributed by atoms with Gasteiger partial charge in [0.15, 0.2) is 0 Å². The molecular weight excluding hydrogens is 343 g/mol.